The van der Waals surface area contributed by atoms with E-state index in [0.717, 1.165) is 18.2 Å². The molecule has 0 saturated heterocycles. The molecule has 1 heterocycles. The smallest absolute Gasteiger partial charge is 0.153 e. The highest BCUT2D eigenvalue weighted by Gasteiger charge is 2.27. The topological polar surface area (TPSA) is 44.8 Å². The Bertz CT molecular complexity index is 262. The maximum atomic E-state index is 4.40. The fourth-order valence-electron chi connectivity index (χ4n) is 1.20. The van der Waals surface area contributed by atoms with Gasteiger partial charge >= 0.3 is 0 Å². The van der Waals surface area contributed by atoms with Crippen LogP contribution in [0.1, 0.15) is 30.4 Å². The van der Waals surface area contributed by atoms with E-state index in [1.54, 1.807) is 0 Å². The minimum Gasteiger partial charge on any atom is -0.302 e. The lowest BCUT2D eigenvalue weighted by atomic mass is 10.4. The summed E-state index contributed by atoms with van der Waals surface area (Å²) in [6.07, 6.45) is 2.53. The van der Waals surface area contributed by atoms with Crippen molar-refractivity contribution in [1.82, 2.24) is 20.1 Å². The van der Waals surface area contributed by atoms with Gasteiger partial charge in [0.05, 0.1) is 6.54 Å². The van der Waals surface area contributed by atoms with Crippen molar-refractivity contribution in [1.29, 1.82) is 0 Å². The Balaban J connectivity index is 2.03. The number of hydrogen-bond donors (Lipinski definition) is 1. The highest BCUT2D eigenvalue weighted by atomic mass is 15.2. The quantitative estimate of drug-likeness (QED) is 0.720. The molecule has 0 atom stereocenters. The van der Waals surface area contributed by atoms with Gasteiger partial charge in [0.15, 0.2) is 5.82 Å². The van der Waals surface area contributed by atoms with Gasteiger partial charge < -0.3 is 4.90 Å². The molecule has 1 aromatic heterocycles. The zero-order valence-corrected chi connectivity index (χ0v) is 7.54. The molecule has 0 unspecified atom stereocenters. The summed E-state index contributed by atoms with van der Waals surface area (Å²) >= 11 is 0. The molecular weight excluding hydrogens is 152 g/mol. The van der Waals surface area contributed by atoms with Gasteiger partial charge in [-0.3, -0.25) is 5.10 Å². The van der Waals surface area contributed by atoms with Gasteiger partial charge in [-0.15, -0.1) is 0 Å². The zero-order valence-electron chi connectivity index (χ0n) is 7.54. The first-order valence-electron chi connectivity index (χ1n) is 4.31. The number of aromatic amines is 1. The van der Waals surface area contributed by atoms with Crippen LogP contribution in [0.15, 0.2) is 0 Å². The molecule has 1 saturated carbocycles. The van der Waals surface area contributed by atoms with Crippen LogP contribution in [0.3, 0.4) is 0 Å². The fraction of sp³-hybridized carbons (Fsp3) is 0.750. The van der Waals surface area contributed by atoms with E-state index >= 15 is 0 Å². The van der Waals surface area contributed by atoms with E-state index in [9.17, 15) is 0 Å². The maximum Gasteiger partial charge on any atom is 0.153 e. The Morgan fingerprint density at radius 2 is 2.25 bits per heavy atom. The number of rotatable bonds is 3. The molecule has 0 spiro atoms. The molecule has 12 heavy (non-hydrogen) atoms. The first-order valence-corrected chi connectivity index (χ1v) is 4.31. The molecule has 0 aromatic carbocycles. The summed E-state index contributed by atoms with van der Waals surface area (Å²) < 4.78 is 0. The monoisotopic (exact) mass is 166 g/mol. The molecule has 1 N–H and O–H groups in total. The lowest BCUT2D eigenvalue weighted by Gasteiger charge is -2.04. The summed E-state index contributed by atoms with van der Waals surface area (Å²) in [4.78, 5) is 6.48. The van der Waals surface area contributed by atoms with Crippen molar-refractivity contribution in [2.75, 3.05) is 14.1 Å². The average molecular weight is 166 g/mol. The van der Waals surface area contributed by atoms with Crippen LogP contribution in [-0.2, 0) is 6.54 Å². The van der Waals surface area contributed by atoms with Crippen LogP contribution in [-0.4, -0.2) is 34.2 Å². The predicted octanol–water partition coefficient (Wildman–Crippen LogP) is 0.744. The predicted molar refractivity (Wildman–Crippen MR) is 45.7 cm³/mol. The molecule has 1 aliphatic carbocycles. The van der Waals surface area contributed by atoms with Crippen molar-refractivity contribution < 1.29 is 0 Å². The summed E-state index contributed by atoms with van der Waals surface area (Å²) in [7, 11) is 4.05. The minimum absolute atomic E-state index is 0.650. The highest BCUT2D eigenvalue weighted by molar-refractivity contribution is 5.04. The van der Waals surface area contributed by atoms with Crippen LogP contribution in [0.5, 0.6) is 0 Å². The van der Waals surface area contributed by atoms with Crippen molar-refractivity contribution in [3.63, 3.8) is 0 Å². The molecule has 4 nitrogen and oxygen atoms in total. The number of H-pyrrole nitrogens is 1. The lowest BCUT2D eigenvalue weighted by Crippen LogP contribution is -2.11. The number of nitrogens with zero attached hydrogens (tertiary/aromatic N) is 3. The minimum atomic E-state index is 0.650. The van der Waals surface area contributed by atoms with Gasteiger partial charge in [-0.05, 0) is 26.9 Å². The highest BCUT2D eigenvalue weighted by Crippen LogP contribution is 2.37. The third-order valence-electron chi connectivity index (χ3n) is 1.96. The van der Waals surface area contributed by atoms with Gasteiger partial charge in [-0.1, -0.05) is 0 Å². The van der Waals surface area contributed by atoms with Crippen molar-refractivity contribution in [2.45, 2.75) is 25.3 Å². The molecule has 1 aliphatic rings. The van der Waals surface area contributed by atoms with Crippen LogP contribution in [0.25, 0.3) is 0 Å². The van der Waals surface area contributed by atoms with Crippen LogP contribution >= 0.6 is 0 Å². The normalized spacial score (nSPS) is 17.2. The second-order valence-corrected chi connectivity index (χ2v) is 3.65. The largest absolute Gasteiger partial charge is 0.302 e. The molecule has 1 aromatic rings. The standard InChI is InChI=1S/C8H14N4/c1-12(2)5-7-9-8(11-10-7)6-3-4-6/h6H,3-5H2,1-2H3,(H,9,10,11). The molecule has 4 heteroatoms. The van der Waals surface area contributed by atoms with E-state index in [0.29, 0.717) is 5.92 Å². The van der Waals surface area contributed by atoms with Crippen molar-refractivity contribution in [2.24, 2.45) is 0 Å². The van der Waals surface area contributed by atoms with E-state index in [1.165, 1.54) is 12.8 Å². The van der Waals surface area contributed by atoms with Crippen molar-refractivity contribution in [3.05, 3.63) is 11.6 Å². The van der Waals surface area contributed by atoms with Crippen LogP contribution in [0.2, 0.25) is 0 Å². The van der Waals surface area contributed by atoms with Crippen molar-refractivity contribution >= 4 is 0 Å². The molecule has 1 fully saturated rings. The Kier molecular flexibility index (Phi) is 1.84. The number of aromatic nitrogens is 3. The van der Waals surface area contributed by atoms with Gasteiger partial charge in [0.2, 0.25) is 0 Å². The number of nitrogens with one attached hydrogen (secondary N) is 1. The molecule has 0 radical (unpaired) electrons. The summed E-state index contributed by atoms with van der Waals surface area (Å²) in [5.41, 5.74) is 0. The van der Waals surface area contributed by atoms with E-state index < -0.39 is 0 Å². The van der Waals surface area contributed by atoms with Gasteiger partial charge in [0, 0.05) is 5.92 Å². The first-order chi connectivity index (χ1) is 5.75. The SMILES string of the molecule is CN(C)Cc1nc(C2CC2)n[nH]1. The molecule has 0 bridgehead atoms. The Morgan fingerprint density at radius 1 is 1.50 bits per heavy atom. The first kappa shape index (κ1) is 7.73. The molecule has 0 amide bonds. The lowest BCUT2D eigenvalue weighted by molar-refractivity contribution is 0.391. The van der Waals surface area contributed by atoms with Crippen molar-refractivity contribution in [3.8, 4) is 0 Å². The van der Waals surface area contributed by atoms with Gasteiger partial charge in [0.1, 0.15) is 5.82 Å². The van der Waals surface area contributed by atoms with Gasteiger partial charge in [0.25, 0.3) is 0 Å². The van der Waals surface area contributed by atoms with Crippen LogP contribution < -0.4 is 0 Å². The molecule has 66 valence electrons. The molecule has 2 rings (SSSR count). The molecular formula is C8H14N4. The van der Waals surface area contributed by atoms with Gasteiger partial charge in [-0.2, -0.15) is 5.10 Å². The third-order valence-corrected chi connectivity index (χ3v) is 1.96. The Labute approximate surface area is 72.0 Å². The summed E-state index contributed by atoms with van der Waals surface area (Å²) in [5, 5.41) is 7.12. The van der Waals surface area contributed by atoms with E-state index in [4.69, 9.17) is 0 Å². The van der Waals surface area contributed by atoms with Crippen LogP contribution in [0.4, 0.5) is 0 Å². The summed E-state index contributed by atoms with van der Waals surface area (Å²) in [5.74, 6) is 2.63. The second-order valence-electron chi connectivity index (χ2n) is 3.65. The number of hydrogen-bond acceptors (Lipinski definition) is 3. The zero-order chi connectivity index (χ0) is 8.55. The fourth-order valence-corrected chi connectivity index (χ4v) is 1.20. The second kappa shape index (κ2) is 2.86. The average Bonchev–Trinajstić information content (AvgIpc) is 2.73. The van der Waals surface area contributed by atoms with E-state index in [-0.39, 0.29) is 0 Å². The maximum absolute atomic E-state index is 4.40. The summed E-state index contributed by atoms with van der Waals surface area (Å²) in [6, 6.07) is 0. The van der Waals surface area contributed by atoms with Gasteiger partial charge in [-0.25, -0.2) is 4.98 Å². The Morgan fingerprint density at radius 3 is 2.83 bits per heavy atom. The molecule has 0 aliphatic heterocycles. The van der Waals surface area contributed by atoms with E-state index in [1.807, 2.05) is 14.1 Å². The third kappa shape index (κ3) is 1.64. The summed E-state index contributed by atoms with van der Waals surface area (Å²) in [6.45, 7) is 0.847. The Hall–Kier alpha value is -0.900. The van der Waals surface area contributed by atoms with E-state index in [2.05, 4.69) is 20.1 Å². The van der Waals surface area contributed by atoms with Crippen LogP contribution in [0, 0.1) is 0 Å².